The Kier molecular flexibility index (Phi) is 7.18. The van der Waals surface area contributed by atoms with Crippen molar-refractivity contribution in [2.24, 2.45) is 0 Å². The summed E-state index contributed by atoms with van der Waals surface area (Å²) in [4.78, 5) is 11.7. The van der Waals surface area contributed by atoms with Crippen LogP contribution in [-0.4, -0.2) is 24.2 Å². The standard InChI is InChI=1S/C17H19Cl2N3O2/c18-13-8-12(9-14(19)10-13)11-20-6-1-7-21-17(24)22-15-2-4-16(23)5-3-15/h2-5,8-10,20,23H,1,6-7,11H2,(H2,21,22,24). The van der Waals surface area contributed by atoms with Gasteiger partial charge in [-0.05, 0) is 61.0 Å². The summed E-state index contributed by atoms with van der Waals surface area (Å²) in [6, 6.07) is 11.4. The maximum atomic E-state index is 11.7. The van der Waals surface area contributed by atoms with Gasteiger partial charge in [-0.15, -0.1) is 0 Å². The molecule has 4 N–H and O–H groups in total. The number of hydrogen-bond acceptors (Lipinski definition) is 3. The van der Waals surface area contributed by atoms with Gasteiger partial charge in [0.25, 0.3) is 0 Å². The molecule has 2 amide bonds. The molecule has 0 aliphatic carbocycles. The Balaban J connectivity index is 1.59. The summed E-state index contributed by atoms with van der Waals surface area (Å²) < 4.78 is 0. The third kappa shape index (κ3) is 6.66. The van der Waals surface area contributed by atoms with Crippen molar-refractivity contribution in [2.45, 2.75) is 13.0 Å². The van der Waals surface area contributed by atoms with Crippen LogP contribution in [0.5, 0.6) is 5.75 Å². The van der Waals surface area contributed by atoms with E-state index in [4.69, 9.17) is 23.2 Å². The molecule has 0 radical (unpaired) electrons. The van der Waals surface area contributed by atoms with Crippen molar-refractivity contribution in [2.75, 3.05) is 18.4 Å². The quantitative estimate of drug-likeness (QED) is 0.441. The van der Waals surface area contributed by atoms with Crippen LogP contribution in [0.4, 0.5) is 10.5 Å². The van der Waals surface area contributed by atoms with Gasteiger partial charge in [0.2, 0.25) is 0 Å². The summed E-state index contributed by atoms with van der Waals surface area (Å²) in [6.45, 7) is 1.97. The number of urea groups is 1. The fourth-order valence-electron chi connectivity index (χ4n) is 2.08. The van der Waals surface area contributed by atoms with Crippen LogP contribution in [0.2, 0.25) is 10.0 Å². The normalized spacial score (nSPS) is 10.4. The van der Waals surface area contributed by atoms with Crippen molar-refractivity contribution in [3.8, 4) is 5.75 Å². The lowest BCUT2D eigenvalue weighted by molar-refractivity contribution is 0.252. The number of phenols is 1. The zero-order valence-corrected chi connectivity index (χ0v) is 14.5. The zero-order chi connectivity index (χ0) is 17.4. The van der Waals surface area contributed by atoms with E-state index in [0.717, 1.165) is 18.5 Å². The summed E-state index contributed by atoms with van der Waals surface area (Å²) in [5.41, 5.74) is 1.65. The first-order chi connectivity index (χ1) is 11.5. The highest BCUT2D eigenvalue weighted by Crippen LogP contribution is 2.18. The van der Waals surface area contributed by atoms with Crippen molar-refractivity contribution in [1.29, 1.82) is 0 Å². The summed E-state index contributed by atoms with van der Waals surface area (Å²) >= 11 is 11.9. The molecule has 5 nitrogen and oxygen atoms in total. The Morgan fingerprint density at radius 3 is 2.33 bits per heavy atom. The summed E-state index contributed by atoms with van der Waals surface area (Å²) in [7, 11) is 0. The summed E-state index contributed by atoms with van der Waals surface area (Å²) in [5.74, 6) is 0.160. The molecule has 2 aromatic rings. The molecule has 0 atom stereocenters. The molecule has 0 spiro atoms. The van der Waals surface area contributed by atoms with Gasteiger partial charge in [-0.2, -0.15) is 0 Å². The Morgan fingerprint density at radius 1 is 1.00 bits per heavy atom. The van der Waals surface area contributed by atoms with E-state index in [-0.39, 0.29) is 11.8 Å². The lowest BCUT2D eigenvalue weighted by atomic mass is 10.2. The van der Waals surface area contributed by atoms with Crippen molar-refractivity contribution in [3.05, 3.63) is 58.1 Å². The average molecular weight is 368 g/mol. The molecule has 0 aromatic heterocycles. The molecule has 24 heavy (non-hydrogen) atoms. The molecule has 0 heterocycles. The zero-order valence-electron chi connectivity index (χ0n) is 13.0. The minimum absolute atomic E-state index is 0.160. The largest absolute Gasteiger partial charge is 0.508 e. The number of carbonyl (C=O) groups excluding carboxylic acids is 1. The van der Waals surface area contributed by atoms with Crippen LogP contribution >= 0.6 is 23.2 Å². The number of amides is 2. The summed E-state index contributed by atoms with van der Waals surface area (Å²) in [6.07, 6.45) is 0.789. The molecule has 0 saturated heterocycles. The minimum atomic E-state index is -0.276. The van der Waals surface area contributed by atoms with Gasteiger partial charge in [0, 0.05) is 28.8 Å². The fourth-order valence-corrected chi connectivity index (χ4v) is 2.65. The van der Waals surface area contributed by atoms with Gasteiger partial charge in [0.05, 0.1) is 0 Å². The molecule has 2 aromatic carbocycles. The third-order valence-electron chi connectivity index (χ3n) is 3.19. The SMILES string of the molecule is O=C(NCCCNCc1cc(Cl)cc(Cl)c1)Nc1ccc(O)cc1. The number of aromatic hydroxyl groups is 1. The predicted octanol–water partition coefficient (Wildman–Crippen LogP) is 4.00. The Bertz CT molecular complexity index is 658. The van der Waals surface area contributed by atoms with E-state index in [1.807, 2.05) is 12.1 Å². The van der Waals surface area contributed by atoms with Gasteiger partial charge in [-0.3, -0.25) is 0 Å². The molecule has 0 aliphatic rings. The molecule has 0 fully saturated rings. The first-order valence-corrected chi connectivity index (χ1v) is 8.28. The molecule has 0 aliphatic heterocycles. The average Bonchev–Trinajstić information content (AvgIpc) is 2.52. The smallest absolute Gasteiger partial charge is 0.319 e. The number of benzene rings is 2. The number of rotatable bonds is 7. The lowest BCUT2D eigenvalue weighted by Gasteiger charge is -2.09. The highest BCUT2D eigenvalue weighted by atomic mass is 35.5. The predicted molar refractivity (Wildman–Crippen MR) is 97.9 cm³/mol. The number of anilines is 1. The monoisotopic (exact) mass is 367 g/mol. The molecule has 7 heteroatoms. The first-order valence-electron chi connectivity index (χ1n) is 7.52. The number of halogens is 2. The van der Waals surface area contributed by atoms with E-state index in [2.05, 4.69) is 16.0 Å². The first kappa shape index (κ1) is 18.4. The van der Waals surface area contributed by atoms with Crippen LogP contribution in [-0.2, 0) is 6.54 Å². The van der Waals surface area contributed by atoms with Crippen molar-refractivity contribution in [3.63, 3.8) is 0 Å². The topological polar surface area (TPSA) is 73.4 Å². The fraction of sp³-hybridized carbons (Fsp3) is 0.235. The van der Waals surface area contributed by atoms with Gasteiger partial charge in [-0.25, -0.2) is 4.79 Å². The van der Waals surface area contributed by atoms with E-state index in [0.29, 0.717) is 28.8 Å². The van der Waals surface area contributed by atoms with Gasteiger partial charge in [-0.1, -0.05) is 23.2 Å². The summed E-state index contributed by atoms with van der Waals surface area (Å²) in [5, 5.41) is 19.1. The molecule has 2 rings (SSSR count). The van der Waals surface area contributed by atoms with E-state index in [1.165, 1.54) is 12.1 Å². The lowest BCUT2D eigenvalue weighted by Crippen LogP contribution is -2.31. The van der Waals surface area contributed by atoms with Crippen LogP contribution in [0, 0.1) is 0 Å². The molecular formula is C17H19Cl2N3O2. The second-order valence-electron chi connectivity index (χ2n) is 5.24. The minimum Gasteiger partial charge on any atom is -0.508 e. The van der Waals surface area contributed by atoms with Gasteiger partial charge in [0.1, 0.15) is 5.75 Å². The number of phenolic OH excluding ortho intramolecular Hbond substituents is 1. The third-order valence-corrected chi connectivity index (χ3v) is 3.63. The number of carbonyl (C=O) groups is 1. The van der Waals surface area contributed by atoms with E-state index >= 15 is 0 Å². The van der Waals surface area contributed by atoms with E-state index in [9.17, 15) is 9.90 Å². The number of nitrogens with one attached hydrogen (secondary N) is 3. The second-order valence-corrected chi connectivity index (χ2v) is 6.11. The maximum Gasteiger partial charge on any atom is 0.319 e. The molecular weight excluding hydrogens is 349 g/mol. The molecule has 128 valence electrons. The van der Waals surface area contributed by atoms with Crippen LogP contribution in [0.25, 0.3) is 0 Å². The Hall–Kier alpha value is -1.95. The van der Waals surface area contributed by atoms with Crippen LogP contribution in [0.3, 0.4) is 0 Å². The van der Waals surface area contributed by atoms with Crippen LogP contribution in [0.1, 0.15) is 12.0 Å². The van der Waals surface area contributed by atoms with Gasteiger partial charge < -0.3 is 21.1 Å². The second kappa shape index (κ2) is 9.37. The maximum absolute atomic E-state index is 11.7. The molecule has 0 saturated carbocycles. The van der Waals surface area contributed by atoms with E-state index in [1.54, 1.807) is 18.2 Å². The van der Waals surface area contributed by atoms with Crippen LogP contribution < -0.4 is 16.0 Å². The van der Waals surface area contributed by atoms with Crippen molar-refractivity contribution < 1.29 is 9.90 Å². The number of hydrogen-bond donors (Lipinski definition) is 4. The van der Waals surface area contributed by atoms with Gasteiger partial charge in [0.15, 0.2) is 0 Å². The van der Waals surface area contributed by atoms with Gasteiger partial charge >= 0.3 is 6.03 Å². The Labute approximate surface area is 151 Å². The van der Waals surface area contributed by atoms with E-state index < -0.39 is 0 Å². The molecule has 0 bridgehead atoms. The highest BCUT2D eigenvalue weighted by molar-refractivity contribution is 6.34. The van der Waals surface area contributed by atoms with Crippen LogP contribution in [0.15, 0.2) is 42.5 Å². The molecule has 0 unspecified atom stereocenters. The highest BCUT2D eigenvalue weighted by Gasteiger charge is 2.01. The van der Waals surface area contributed by atoms with Crippen molar-refractivity contribution in [1.82, 2.24) is 10.6 Å². The van der Waals surface area contributed by atoms with Crippen molar-refractivity contribution >= 4 is 34.9 Å². The Morgan fingerprint density at radius 2 is 1.67 bits per heavy atom.